The molecule has 2 aromatic rings. The summed E-state index contributed by atoms with van der Waals surface area (Å²) < 4.78 is 13.9. The van der Waals surface area contributed by atoms with Gasteiger partial charge in [0.05, 0.1) is 0 Å². The van der Waals surface area contributed by atoms with Crippen molar-refractivity contribution in [1.29, 1.82) is 0 Å². The molecule has 0 aliphatic carbocycles. The van der Waals surface area contributed by atoms with E-state index < -0.39 is 5.82 Å². The van der Waals surface area contributed by atoms with Crippen LogP contribution >= 0.6 is 0 Å². The molecular formula is C12H10FNO. The van der Waals surface area contributed by atoms with Crippen molar-refractivity contribution >= 4 is 0 Å². The Morgan fingerprint density at radius 1 is 1.13 bits per heavy atom. The second-order valence-corrected chi connectivity index (χ2v) is 3.35. The lowest BCUT2D eigenvalue weighted by molar-refractivity contribution is -0.613. The Balaban J connectivity index is 2.56. The number of nitrogens with zero attached hydrogens (tertiary/aromatic N) is 1. The van der Waals surface area contributed by atoms with E-state index in [9.17, 15) is 9.60 Å². The molecule has 2 nitrogen and oxygen atoms in total. The topological polar surface area (TPSA) is 26.9 Å². The third kappa shape index (κ3) is 1.81. The molecule has 2 rings (SSSR count). The minimum Gasteiger partial charge on any atom is -0.618 e. The Kier molecular flexibility index (Phi) is 2.37. The zero-order chi connectivity index (χ0) is 10.8. The maximum absolute atomic E-state index is 13.3. The van der Waals surface area contributed by atoms with Gasteiger partial charge in [-0.25, -0.2) is 0 Å². The molecule has 0 saturated carbocycles. The second kappa shape index (κ2) is 3.69. The molecule has 0 unspecified atom stereocenters. The first-order chi connectivity index (χ1) is 7.18. The number of benzene rings is 1. The summed E-state index contributed by atoms with van der Waals surface area (Å²) in [7, 11) is 0. The van der Waals surface area contributed by atoms with Gasteiger partial charge in [0.1, 0.15) is 0 Å². The molecule has 0 spiro atoms. The summed E-state index contributed by atoms with van der Waals surface area (Å²) >= 11 is 0. The van der Waals surface area contributed by atoms with Crippen LogP contribution in [0, 0.1) is 17.9 Å². The van der Waals surface area contributed by atoms with Gasteiger partial charge in [0.25, 0.3) is 0 Å². The maximum atomic E-state index is 13.3. The first-order valence-electron chi connectivity index (χ1n) is 4.63. The van der Waals surface area contributed by atoms with Gasteiger partial charge in [-0.1, -0.05) is 30.3 Å². The van der Waals surface area contributed by atoms with E-state index >= 15 is 0 Å². The van der Waals surface area contributed by atoms with Gasteiger partial charge in [0.15, 0.2) is 12.0 Å². The highest BCUT2D eigenvalue weighted by Crippen LogP contribution is 2.18. The summed E-state index contributed by atoms with van der Waals surface area (Å²) in [5.74, 6) is -0.480. The van der Waals surface area contributed by atoms with E-state index in [1.807, 2.05) is 30.3 Å². The van der Waals surface area contributed by atoms with Crippen LogP contribution in [0.1, 0.15) is 5.69 Å². The minimum atomic E-state index is -0.480. The Labute approximate surface area is 87.2 Å². The van der Waals surface area contributed by atoms with Gasteiger partial charge in [-0.15, -0.1) is 0 Å². The summed E-state index contributed by atoms with van der Waals surface area (Å²) in [6.07, 6.45) is 1.38. The van der Waals surface area contributed by atoms with Crippen molar-refractivity contribution in [3.05, 3.63) is 59.3 Å². The Morgan fingerprint density at radius 2 is 1.80 bits per heavy atom. The van der Waals surface area contributed by atoms with Crippen molar-refractivity contribution < 1.29 is 9.12 Å². The van der Waals surface area contributed by atoms with E-state index in [1.165, 1.54) is 19.2 Å². The third-order valence-corrected chi connectivity index (χ3v) is 2.32. The fourth-order valence-corrected chi connectivity index (χ4v) is 1.40. The van der Waals surface area contributed by atoms with Crippen molar-refractivity contribution in [3.63, 3.8) is 0 Å². The molecule has 76 valence electrons. The Morgan fingerprint density at radius 3 is 2.40 bits per heavy atom. The molecule has 0 radical (unpaired) electrons. The van der Waals surface area contributed by atoms with Crippen LogP contribution in [0.15, 0.2) is 42.6 Å². The first-order valence-corrected chi connectivity index (χ1v) is 4.63. The van der Waals surface area contributed by atoms with Crippen LogP contribution in [0.3, 0.4) is 0 Å². The molecule has 1 aromatic carbocycles. The molecule has 0 aliphatic rings. The Bertz CT molecular complexity index is 459. The van der Waals surface area contributed by atoms with Crippen molar-refractivity contribution in [2.45, 2.75) is 6.92 Å². The number of rotatable bonds is 1. The zero-order valence-electron chi connectivity index (χ0n) is 8.27. The fourth-order valence-electron chi connectivity index (χ4n) is 1.40. The van der Waals surface area contributed by atoms with Gasteiger partial charge in [-0.3, -0.25) is 0 Å². The second-order valence-electron chi connectivity index (χ2n) is 3.35. The molecule has 0 atom stereocenters. The van der Waals surface area contributed by atoms with E-state index in [0.29, 0.717) is 10.3 Å². The molecule has 15 heavy (non-hydrogen) atoms. The number of hydrogen-bond acceptors (Lipinski definition) is 1. The predicted molar refractivity (Wildman–Crippen MR) is 55.5 cm³/mol. The highest BCUT2D eigenvalue weighted by Gasteiger charge is 2.10. The van der Waals surface area contributed by atoms with E-state index in [2.05, 4.69) is 0 Å². The number of pyridine rings is 1. The largest absolute Gasteiger partial charge is 0.618 e. The van der Waals surface area contributed by atoms with Crippen LogP contribution < -0.4 is 4.73 Å². The zero-order valence-corrected chi connectivity index (χ0v) is 8.27. The molecule has 0 N–H and O–H groups in total. The van der Waals surface area contributed by atoms with Crippen LogP contribution in [0.2, 0.25) is 0 Å². The summed E-state index contributed by atoms with van der Waals surface area (Å²) in [5, 5.41) is 11.3. The molecule has 0 fully saturated rings. The predicted octanol–water partition coefficient (Wildman–Crippen LogP) is 2.43. The average molecular weight is 203 g/mol. The van der Waals surface area contributed by atoms with Gasteiger partial charge in [0.2, 0.25) is 5.69 Å². The average Bonchev–Trinajstić information content (AvgIpc) is 2.26. The van der Waals surface area contributed by atoms with Crippen LogP contribution in [-0.4, -0.2) is 0 Å². The van der Waals surface area contributed by atoms with Gasteiger partial charge >= 0.3 is 0 Å². The fraction of sp³-hybridized carbons (Fsp3) is 0.0833. The lowest BCUT2D eigenvalue weighted by Crippen LogP contribution is -2.30. The monoisotopic (exact) mass is 203 g/mol. The van der Waals surface area contributed by atoms with Crippen LogP contribution in [0.5, 0.6) is 0 Å². The molecule has 1 aromatic heterocycles. The van der Waals surface area contributed by atoms with Crippen LogP contribution in [0.4, 0.5) is 4.39 Å². The van der Waals surface area contributed by atoms with Gasteiger partial charge in [-0.2, -0.15) is 9.12 Å². The van der Waals surface area contributed by atoms with Crippen LogP contribution in [0.25, 0.3) is 11.1 Å². The van der Waals surface area contributed by atoms with Crippen LogP contribution in [-0.2, 0) is 0 Å². The summed E-state index contributed by atoms with van der Waals surface area (Å²) in [4.78, 5) is 0. The Hall–Kier alpha value is -1.90. The summed E-state index contributed by atoms with van der Waals surface area (Å²) in [6, 6.07) is 10.6. The molecule has 0 aliphatic heterocycles. The first kappa shape index (κ1) is 9.65. The highest BCUT2D eigenvalue weighted by molar-refractivity contribution is 5.61. The number of aromatic nitrogens is 1. The quantitative estimate of drug-likeness (QED) is 0.516. The van der Waals surface area contributed by atoms with Crippen molar-refractivity contribution in [1.82, 2.24) is 0 Å². The number of hydrogen-bond donors (Lipinski definition) is 0. The number of halogens is 1. The molecular weight excluding hydrogens is 193 g/mol. The van der Waals surface area contributed by atoms with Gasteiger partial charge in [0, 0.05) is 12.5 Å². The van der Waals surface area contributed by atoms with E-state index in [4.69, 9.17) is 0 Å². The molecule has 3 heteroatoms. The van der Waals surface area contributed by atoms with Crippen molar-refractivity contribution in [2.75, 3.05) is 0 Å². The molecule has 1 heterocycles. The lowest BCUT2D eigenvalue weighted by Gasteiger charge is -2.05. The standard InChI is InChI=1S/C12H10FNO/c1-9-12(13)7-11(8-14(9)15)10-5-3-2-4-6-10/h2-8H,1H3. The summed E-state index contributed by atoms with van der Waals surface area (Å²) in [6.45, 7) is 1.46. The minimum absolute atomic E-state index is 0.0923. The normalized spacial score (nSPS) is 10.3. The van der Waals surface area contributed by atoms with E-state index in [0.717, 1.165) is 5.56 Å². The third-order valence-electron chi connectivity index (χ3n) is 2.32. The summed E-state index contributed by atoms with van der Waals surface area (Å²) in [5.41, 5.74) is 1.52. The molecule has 0 saturated heterocycles. The van der Waals surface area contributed by atoms with E-state index in [-0.39, 0.29) is 5.69 Å². The van der Waals surface area contributed by atoms with Gasteiger partial charge in [-0.05, 0) is 11.6 Å². The molecule has 0 bridgehead atoms. The van der Waals surface area contributed by atoms with Gasteiger partial charge < -0.3 is 5.21 Å². The lowest BCUT2D eigenvalue weighted by atomic mass is 10.1. The molecule has 0 amide bonds. The SMILES string of the molecule is Cc1c(F)cc(-c2ccccc2)c[n+]1[O-]. The maximum Gasteiger partial charge on any atom is 0.225 e. The van der Waals surface area contributed by atoms with E-state index in [1.54, 1.807) is 0 Å². The van der Waals surface area contributed by atoms with Crippen molar-refractivity contribution in [2.24, 2.45) is 0 Å². The highest BCUT2D eigenvalue weighted by atomic mass is 19.1. The smallest absolute Gasteiger partial charge is 0.225 e. The van der Waals surface area contributed by atoms with Crippen molar-refractivity contribution in [3.8, 4) is 11.1 Å².